The van der Waals surface area contributed by atoms with Gasteiger partial charge in [0.25, 0.3) is 0 Å². The summed E-state index contributed by atoms with van der Waals surface area (Å²) in [6.07, 6.45) is 3.75. The molecule has 88 valence electrons. The van der Waals surface area contributed by atoms with Gasteiger partial charge in [0.05, 0.1) is 11.3 Å². The zero-order valence-electron chi connectivity index (χ0n) is 9.81. The summed E-state index contributed by atoms with van der Waals surface area (Å²) in [5, 5.41) is 8.72. The summed E-state index contributed by atoms with van der Waals surface area (Å²) in [5.74, 6) is -0.932. The molecular weight excluding hydrogens is 204 g/mol. The molecule has 0 fully saturated rings. The molecule has 16 heavy (non-hydrogen) atoms. The Morgan fingerprint density at radius 1 is 1.50 bits per heavy atom. The maximum absolute atomic E-state index is 10.6. The van der Waals surface area contributed by atoms with Gasteiger partial charge in [-0.2, -0.15) is 0 Å². The van der Waals surface area contributed by atoms with Crippen LogP contribution >= 0.6 is 0 Å². The molecule has 0 saturated heterocycles. The molecule has 0 aliphatic rings. The summed E-state index contributed by atoms with van der Waals surface area (Å²) >= 11 is 0. The second-order valence-corrected chi connectivity index (χ2v) is 3.93. The SMILES string of the molecule is CCCCN(C)Cc1ccc(C(=O)O)cn1. The first kappa shape index (κ1) is 12.6. The van der Waals surface area contributed by atoms with Gasteiger partial charge >= 0.3 is 5.97 Å². The van der Waals surface area contributed by atoms with Gasteiger partial charge in [-0.15, -0.1) is 0 Å². The number of nitrogens with zero attached hydrogens (tertiary/aromatic N) is 2. The van der Waals surface area contributed by atoms with E-state index >= 15 is 0 Å². The largest absolute Gasteiger partial charge is 0.478 e. The monoisotopic (exact) mass is 222 g/mol. The van der Waals surface area contributed by atoms with Crippen molar-refractivity contribution in [2.24, 2.45) is 0 Å². The second kappa shape index (κ2) is 6.23. The Morgan fingerprint density at radius 3 is 2.75 bits per heavy atom. The van der Waals surface area contributed by atoms with Crippen molar-refractivity contribution in [3.8, 4) is 0 Å². The molecular formula is C12H18N2O2. The van der Waals surface area contributed by atoms with Crippen LogP contribution in [-0.4, -0.2) is 34.6 Å². The van der Waals surface area contributed by atoms with E-state index in [9.17, 15) is 4.79 Å². The molecule has 0 aliphatic carbocycles. The van der Waals surface area contributed by atoms with Crippen molar-refractivity contribution in [2.45, 2.75) is 26.3 Å². The number of carboxylic acids is 1. The third-order valence-corrected chi connectivity index (χ3v) is 2.40. The number of carbonyl (C=O) groups is 1. The summed E-state index contributed by atoms with van der Waals surface area (Å²) in [4.78, 5) is 16.9. The van der Waals surface area contributed by atoms with Gasteiger partial charge in [0.15, 0.2) is 0 Å². The normalized spacial score (nSPS) is 10.7. The van der Waals surface area contributed by atoms with E-state index in [1.807, 2.05) is 7.05 Å². The molecule has 1 heterocycles. The third-order valence-electron chi connectivity index (χ3n) is 2.40. The average molecular weight is 222 g/mol. The van der Waals surface area contributed by atoms with Gasteiger partial charge in [-0.25, -0.2) is 4.79 Å². The lowest BCUT2D eigenvalue weighted by atomic mass is 10.2. The minimum absolute atomic E-state index is 0.236. The zero-order chi connectivity index (χ0) is 12.0. The molecule has 0 bridgehead atoms. The Kier molecular flexibility index (Phi) is 4.92. The molecule has 0 spiro atoms. The number of rotatable bonds is 6. The van der Waals surface area contributed by atoms with Crippen molar-refractivity contribution in [3.05, 3.63) is 29.6 Å². The van der Waals surface area contributed by atoms with E-state index in [4.69, 9.17) is 5.11 Å². The van der Waals surface area contributed by atoms with Crippen LogP contribution in [0, 0.1) is 0 Å². The Morgan fingerprint density at radius 2 is 2.25 bits per heavy atom. The molecule has 0 unspecified atom stereocenters. The van der Waals surface area contributed by atoms with Crippen molar-refractivity contribution in [1.82, 2.24) is 9.88 Å². The molecule has 0 radical (unpaired) electrons. The van der Waals surface area contributed by atoms with E-state index in [-0.39, 0.29) is 5.56 Å². The molecule has 1 aromatic rings. The maximum atomic E-state index is 10.6. The zero-order valence-corrected chi connectivity index (χ0v) is 9.81. The molecule has 0 aromatic carbocycles. The van der Waals surface area contributed by atoms with E-state index in [1.54, 1.807) is 12.1 Å². The van der Waals surface area contributed by atoms with E-state index in [0.717, 1.165) is 18.8 Å². The quantitative estimate of drug-likeness (QED) is 0.800. The van der Waals surface area contributed by atoms with Crippen LogP contribution in [0.4, 0.5) is 0 Å². The van der Waals surface area contributed by atoms with Crippen LogP contribution in [0.1, 0.15) is 35.8 Å². The third kappa shape index (κ3) is 3.98. The molecule has 4 nitrogen and oxygen atoms in total. The van der Waals surface area contributed by atoms with Crippen LogP contribution < -0.4 is 0 Å². The highest BCUT2D eigenvalue weighted by Crippen LogP contribution is 2.03. The van der Waals surface area contributed by atoms with Crippen LogP contribution in [0.5, 0.6) is 0 Å². The minimum atomic E-state index is -0.932. The maximum Gasteiger partial charge on any atom is 0.337 e. The first-order valence-corrected chi connectivity index (χ1v) is 5.50. The van der Waals surface area contributed by atoms with Crippen LogP contribution in [0.15, 0.2) is 18.3 Å². The molecule has 0 saturated carbocycles. The van der Waals surface area contributed by atoms with Crippen LogP contribution in [0.2, 0.25) is 0 Å². The van der Waals surface area contributed by atoms with Gasteiger partial charge in [0, 0.05) is 12.7 Å². The van der Waals surface area contributed by atoms with Gasteiger partial charge in [-0.3, -0.25) is 4.98 Å². The molecule has 1 rings (SSSR count). The Balaban J connectivity index is 2.51. The molecule has 4 heteroatoms. The number of hydrogen-bond acceptors (Lipinski definition) is 3. The fourth-order valence-corrected chi connectivity index (χ4v) is 1.43. The van der Waals surface area contributed by atoms with Crippen LogP contribution in [0.3, 0.4) is 0 Å². The van der Waals surface area contributed by atoms with Gasteiger partial charge < -0.3 is 10.0 Å². The highest BCUT2D eigenvalue weighted by Gasteiger charge is 2.04. The van der Waals surface area contributed by atoms with Gasteiger partial charge in [0.2, 0.25) is 0 Å². The molecule has 0 atom stereocenters. The molecule has 1 N–H and O–H groups in total. The highest BCUT2D eigenvalue weighted by molar-refractivity contribution is 5.87. The first-order chi connectivity index (χ1) is 7.63. The van der Waals surface area contributed by atoms with Crippen molar-refractivity contribution >= 4 is 5.97 Å². The Hall–Kier alpha value is -1.42. The predicted octanol–water partition coefficient (Wildman–Crippen LogP) is 2.01. The number of aromatic nitrogens is 1. The van der Waals surface area contributed by atoms with Crippen molar-refractivity contribution in [3.63, 3.8) is 0 Å². The Bertz CT molecular complexity index is 335. The number of carboxylic acid groups (broad SMARTS) is 1. The average Bonchev–Trinajstić information content (AvgIpc) is 2.27. The Labute approximate surface area is 95.9 Å². The molecule has 0 amide bonds. The van der Waals surface area contributed by atoms with E-state index in [2.05, 4.69) is 16.8 Å². The lowest BCUT2D eigenvalue weighted by Gasteiger charge is -2.15. The van der Waals surface area contributed by atoms with Crippen LogP contribution in [0.25, 0.3) is 0 Å². The minimum Gasteiger partial charge on any atom is -0.478 e. The van der Waals surface area contributed by atoms with Gasteiger partial charge in [0.1, 0.15) is 0 Å². The number of hydrogen-bond donors (Lipinski definition) is 1. The fraction of sp³-hybridized carbons (Fsp3) is 0.500. The van der Waals surface area contributed by atoms with Gasteiger partial charge in [-0.1, -0.05) is 13.3 Å². The smallest absolute Gasteiger partial charge is 0.337 e. The van der Waals surface area contributed by atoms with E-state index < -0.39 is 5.97 Å². The van der Waals surface area contributed by atoms with Gasteiger partial charge in [-0.05, 0) is 32.1 Å². The predicted molar refractivity (Wildman–Crippen MR) is 62.4 cm³/mol. The van der Waals surface area contributed by atoms with Crippen LogP contribution in [-0.2, 0) is 6.54 Å². The number of pyridine rings is 1. The summed E-state index contributed by atoms with van der Waals surface area (Å²) in [7, 11) is 2.04. The lowest BCUT2D eigenvalue weighted by molar-refractivity contribution is 0.0696. The van der Waals surface area contributed by atoms with E-state index in [1.165, 1.54) is 19.0 Å². The summed E-state index contributed by atoms with van der Waals surface area (Å²) in [5.41, 5.74) is 1.14. The fourth-order valence-electron chi connectivity index (χ4n) is 1.43. The summed E-state index contributed by atoms with van der Waals surface area (Å²) in [6.45, 7) is 3.96. The van der Waals surface area contributed by atoms with Crippen molar-refractivity contribution in [2.75, 3.05) is 13.6 Å². The standard InChI is InChI=1S/C12H18N2O2/c1-3-4-7-14(2)9-11-6-5-10(8-13-11)12(15)16/h5-6,8H,3-4,7,9H2,1-2H3,(H,15,16). The van der Waals surface area contributed by atoms with Crippen molar-refractivity contribution < 1.29 is 9.90 Å². The van der Waals surface area contributed by atoms with Crippen molar-refractivity contribution in [1.29, 1.82) is 0 Å². The second-order valence-electron chi connectivity index (χ2n) is 3.93. The highest BCUT2D eigenvalue weighted by atomic mass is 16.4. The number of aromatic carboxylic acids is 1. The number of unbranched alkanes of at least 4 members (excludes halogenated alkanes) is 1. The summed E-state index contributed by atoms with van der Waals surface area (Å²) in [6, 6.07) is 3.37. The topological polar surface area (TPSA) is 53.4 Å². The molecule has 0 aliphatic heterocycles. The molecule has 1 aromatic heterocycles. The summed E-state index contributed by atoms with van der Waals surface area (Å²) < 4.78 is 0. The lowest BCUT2D eigenvalue weighted by Crippen LogP contribution is -2.19. The van der Waals surface area contributed by atoms with E-state index in [0.29, 0.717) is 0 Å². The first-order valence-electron chi connectivity index (χ1n) is 5.50.